The average molecular weight is 489 g/mol. The van der Waals surface area contributed by atoms with Gasteiger partial charge in [-0.1, -0.05) is 11.6 Å². The highest BCUT2D eigenvalue weighted by atomic mass is 35.5. The molecule has 1 N–H and O–H groups in total. The first-order chi connectivity index (χ1) is 15.9. The number of methoxy groups -OCH3 is 1. The molecule has 1 aromatic carbocycles. The number of amidine groups is 1. The summed E-state index contributed by atoms with van der Waals surface area (Å²) in [6.07, 6.45) is 3.93. The molecule has 3 rings (SSSR count). The standard InChI is InChI=1S/C21H17ClN4O6S/c1-3-31-20(29)13-6-7-23-17(9-13)32-15-5-4-12(8-14(15)22)11-24-26-21-25-19(28)16(33-21)10-18(27)30-2/h4-11H,3H2,1-2H3,(H,25,26,28)/b16-10+,24-11?. The Labute approximate surface area is 197 Å². The van der Waals surface area contributed by atoms with Crippen LogP contribution in [0, 0.1) is 0 Å². The van der Waals surface area contributed by atoms with Crippen LogP contribution in [0.1, 0.15) is 22.8 Å². The van der Waals surface area contributed by atoms with Gasteiger partial charge in [0, 0.05) is 18.3 Å². The van der Waals surface area contributed by atoms with Crippen LogP contribution in [0.2, 0.25) is 5.02 Å². The molecule has 33 heavy (non-hydrogen) atoms. The molecule has 1 aliphatic rings. The smallest absolute Gasteiger partial charge is 0.338 e. The Morgan fingerprint density at radius 1 is 1.27 bits per heavy atom. The maximum Gasteiger partial charge on any atom is 0.338 e. The lowest BCUT2D eigenvalue weighted by atomic mass is 10.2. The summed E-state index contributed by atoms with van der Waals surface area (Å²) in [7, 11) is 1.22. The Kier molecular flexibility index (Phi) is 8.17. The van der Waals surface area contributed by atoms with E-state index in [1.807, 2.05) is 0 Å². The number of esters is 2. The normalized spacial score (nSPS) is 15.7. The number of amides is 1. The van der Waals surface area contributed by atoms with Crippen LogP contribution < -0.4 is 10.1 Å². The molecule has 10 nitrogen and oxygen atoms in total. The van der Waals surface area contributed by atoms with Gasteiger partial charge >= 0.3 is 11.9 Å². The molecule has 0 radical (unpaired) electrons. The number of pyridine rings is 1. The summed E-state index contributed by atoms with van der Waals surface area (Å²) in [6, 6.07) is 7.86. The SMILES string of the molecule is CCOC(=O)c1ccnc(Oc2ccc(C=N/N=C3/NC(=O)/C(=C\C(=O)OC)S3)cc2Cl)c1. The van der Waals surface area contributed by atoms with Crippen molar-refractivity contribution in [2.75, 3.05) is 13.7 Å². The summed E-state index contributed by atoms with van der Waals surface area (Å²) in [5, 5.41) is 10.8. The maximum atomic E-state index is 11.8. The number of nitrogens with one attached hydrogen (secondary N) is 1. The van der Waals surface area contributed by atoms with Gasteiger partial charge in [-0.2, -0.15) is 5.10 Å². The minimum absolute atomic E-state index is 0.154. The molecule has 0 bridgehead atoms. The van der Waals surface area contributed by atoms with Crippen LogP contribution in [0.4, 0.5) is 0 Å². The molecule has 1 saturated heterocycles. The number of rotatable bonds is 7. The van der Waals surface area contributed by atoms with Crippen molar-refractivity contribution in [2.45, 2.75) is 6.92 Å². The van der Waals surface area contributed by atoms with Gasteiger partial charge in [0.1, 0.15) is 5.75 Å². The van der Waals surface area contributed by atoms with E-state index in [0.717, 1.165) is 17.8 Å². The lowest BCUT2D eigenvalue weighted by molar-refractivity contribution is -0.135. The highest BCUT2D eigenvalue weighted by Crippen LogP contribution is 2.29. The minimum Gasteiger partial charge on any atom is -0.466 e. The number of aromatic nitrogens is 1. The summed E-state index contributed by atoms with van der Waals surface area (Å²) in [4.78, 5) is 39.1. The molecule has 2 heterocycles. The van der Waals surface area contributed by atoms with Crippen molar-refractivity contribution in [3.8, 4) is 11.6 Å². The van der Waals surface area contributed by atoms with Crippen molar-refractivity contribution in [1.82, 2.24) is 10.3 Å². The van der Waals surface area contributed by atoms with Gasteiger partial charge in [0.05, 0.1) is 35.4 Å². The van der Waals surface area contributed by atoms with Gasteiger partial charge in [-0.3, -0.25) is 10.1 Å². The van der Waals surface area contributed by atoms with E-state index in [1.165, 1.54) is 31.7 Å². The second-order valence-electron chi connectivity index (χ2n) is 6.13. The number of nitrogens with zero attached hydrogens (tertiary/aromatic N) is 3. The van der Waals surface area contributed by atoms with Gasteiger partial charge in [-0.05, 0) is 48.5 Å². The highest BCUT2D eigenvalue weighted by molar-refractivity contribution is 8.18. The minimum atomic E-state index is -0.642. The van der Waals surface area contributed by atoms with Crippen LogP contribution in [-0.2, 0) is 19.1 Å². The van der Waals surface area contributed by atoms with Crippen LogP contribution >= 0.6 is 23.4 Å². The molecule has 1 amide bonds. The van der Waals surface area contributed by atoms with Gasteiger partial charge < -0.3 is 14.2 Å². The summed E-state index contributed by atoms with van der Waals surface area (Å²) >= 11 is 7.24. The van der Waals surface area contributed by atoms with E-state index in [-0.39, 0.29) is 27.6 Å². The summed E-state index contributed by atoms with van der Waals surface area (Å²) in [6.45, 7) is 1.98. The van der Waals surface area contributed by atoms with Gasteiger partial charge in [-0.25, -0.2) is 14.6 Å². The van der Waals surface area contributed by atoms with Crippen molar-refractivity contribution in [3.63, 3.8) is 0 Å². The molecule has 170 valence electrons. The number of benzene rings is 1. The van der Waals surface area contributed by atoms with Crippen LogP contribution in [0.5, 0.6) is 11.6 Å². The fourth-order valence-electron chi connectivity index (χ4n) is 2.39. The molecule has 1 fully saturated rings. The van der Waals surface area contributed by atoms with Crippen LogP contribution in [0.3, 0.4) is 0 Å². The number of carbonyl (C=O) groups excluding carboxylic acids is 3. The molecule has 0 atom stereocenters. The number of carbonyl (C=O) groups is 3. The number of thioether (sulfide) groups is 1. The third-order valence-corrected chi connectivity index (χ3v) is 5.07. The van der Waals surface area contributed by atoms with Crippen molar-refractivity contribution in [2.24, 2.45) is 10.2 Å². The van der Waals surface area contributed by atoms with Gasteiger partial charge in [-0.15, -0.1) is 5.10 Å². The predicted molar refractivity (Wildman–Crippen MR) is 123 cm³/mol. The number of hydrogen-bond acceptors (Lipinski definition) is 10. The first kappa shape index (κ1) is 24.0. The molecular formula is C21H17ClN4O6S. The second-order valence-corrected chi connectivity index (χ2v) is 7.57. The molecule has 0 aliphatic carbocycles. The molecule has 1 aromatic heterocycles. The maximum absolute atomic E-state index is 11.8. The van der Waals surface area contributed by atoms with Gasteiger partial charge in [0.2, 0.25) is 5.88 Å². The second kappa shape index (κ2) is 11.2. The number of ether oxygens (including phenoxy) is 3. The van der Waals surface area contributed by atoms with E-state index >= 15 is 0 Å². The van der Waals surface area contributed by atoms with Crippen molar-refractivity contribution < 1.29 is 28.6 Å². The summed E-state index contributed by atoms with van der Waals surface area (Å²) in [5.74, 6) is -1.08. The predicted octanol–water partition coefficient (Wildman–Crippen LogP) is 3.31. The lowest BCUT2D eigenvalue weighted by Gasteiger charge is -2.08. The Morgan fingerprint density at radius 3 is 2.82 bits per heavy atom. The monoisotopic (exact) mass is 488 g/mol. The summed E-state index contributed by atoms with van der Waals surface area (Å²) in [5.41, 5.74) is 0.923. The van der Waals surface area contributed by atoms with E-state index in [4.69, 9.17) is 21.1 Å². The molecule has 1 aliphatic heterocycles. The zero-order valence-corrected chi connectivity index (χ0v) is 19.0. The van der Waals surface area contributed by atoms with Gasteiger partial charge in [0.25, 0.3) is 5.91 Å². The molecule has 2 aromatic rings. The number of hydrogen-bond donors (Lipinski definition) is 1. The topological polar surface area (TPSA) is 129 Å². The molecule has 12 heteroatoms. The third kappa shape index (κ3) is 6.64. The van der Waals surface area contributed by atoms with E-state index in [2.05, 4.69) is 25.2 Å². The Hall–Kier alpha value is -3.70. The van der Waals surface area contributed by atoms with Crippen molar-refractivity contribution >= 4 is 52.6 Å². The molecule has 0 saturated carbocycles. The van der Waals surface area contributed by atoms with E-state index < -0.39 is 17.8 Å². The molecule has 0 unspecified atom stereocenters. The summed E-state index contributed by atoms with van der Waals surface area (Å²) < 4.78 is 15.1. The first-order valence-corrected chi connectivity index (χ1v) is 10.6. The molecule has 0 spiro atoms. The fourth-order valence-corrected chi connectivity index (χ4v) is 3.36. The van der Waals surface area contributed by atoms with Crippen LogP contribution in [-0.4, -0.2) is 47.9 Å². The quantitative estimate of drug-likeness (QED) is 0.272. The largest absolute Gasteiger partial charge is 0.466 e. The van der Waals surface area contributed by atoms with Crippen LogP contribution in [0.15, 0.2) is 57.7 Å². The van der Waals surface area contributed by atoms with Gasteiger partial charge in [0.15, 0.2) is 5.17 Å². The Morgan fingerprint density at radius 2 is 2.09 bits per heavy atom. The van der Waals surface area contributed by atoms with Crippen molar-refractivity contribution in [3.05, 3.63) is 63.7 Å². The van der Waals surface area contributed by atoms with Crippen LogP contribution in [0.25, 0.3) is 0 Å². The van der Waals surface area contributed by atoms with Crippen molar-refractivity contribution in [1.29, 1.82) is 0 Å². The van der Waals surface area contributed by atoms with E-state index in [9.17, 15) is 14.4 Å². The zero-order chi connectivity index (χ0) is 23.8. The Bertz CT molecular complexity index is 1180. The Balaban J connectivity index is 1.66. The number of halogens is 1. The average Bonchev–Trinajstić information content (AvgIpc) is 3.14. The first-order valence-electron chi connectivity index (χ1n) is 9.40. The lowest BCUT2D eigenvalue weighted by Crippen LogP contribution is -2.19. The highest BCUT2D eigenvalue weighted by Gasteiger charge is 2.25. The van der Waals surface area contributed by atoms with E-state index in [0.29, 0.717) is 16.9 Å². The molecular weight excluding hydrogens is 472 g/mol. The fraction of sp³-hybridized carbons (Fsp3) is 0.143. The zero-order valence-electron chi connectivity index (χ0n) is 17.4. The van der Waals surface area contributed by atoms with E-state index in [1.54, 1.807) is 25.1 Å². The third-order valence-electron chi connectivity index (χ3n) is 3.87.